The average Bonchev–Trinajstić information content (AvgIpc) is 2.55. The topological polar surface area (TPSA) is 92.9 Å². The van der Waals surface area contributed by atoms with Crippen molar-refractivity contribution in [1.29, 1.82) is 0 Å². The summed E-state index contributed by atoms with van der Waals surface area (Å²) in [4.78, 5) is 23.4. The molecule has 0 aliphatic rings. The number of carbonyl (C=O) groups is 1. The van der Waals surface area contributed by atoms with Crippen molar-refractivity contribution in [3.05, 3.63) is 63.2 Å². The van der Waals surface area contributed by atoms with E-state index >= 15 is 0 Å². The van der Waals surface area contributed by atoms with E-state index in [4.69, 9.17) is 9.84 Å². The molecule has 0 saturated heterocycles. The zero-order chi connectivity index (χ0) is 20.1. The fourth-order valence-corrected chi connectivity index (χ4v) is 2.81. The van der Waals surface area contributed by atoms with Gasteiger partial charge in [-0.25, -0.2) is 0 Å². The lowest BCUT2D eigenvalue weighted by molar-refractivity contribution is -0.385. The lowest BCUT2D eigenvalue weighted by atomic mass is 10.0. The van der Waals surface area contributed by atoms with Crippen LogP contribution in [0.5, 0.6) is 11.5 Å². The minimum atomic E-state index is -0.951. The number of hydrogen-bond donors (Lipinski definition) is 1. The third kappa shape index (κ3) is 5.52. The van der Waals surface area contributed by atoms with Crippen LogP contribution in [0, 0.1) is 17.0 Å². The number of aliphatic carboxylic acids is 1. The summed E-state index contributed by atoms with van der Waals surface area (Å²) in [7, 11) is 1.64. The maximum atomic E-state index is 11.5. The van der Waals surface area contributed by atoms with Gasteiger partial charge in [-0.3, -0.25) is 19.8 Å². The molecular weight excluding hydrogens is 348 g/mol. The standard InChI is InChI=1S/C20H24N2O5/c1-13(2)16-7-5-14(3)9-19(16)27-18-8-6-15(10-17(18)22(25)26)11-21(4)12-20(23)24/h5-10,13H,11-12H2,1-4H3,(H,23,24). The van der Waals surface area contributed by atoms with E-state index in [0.29, 0.717) is 11.3 Å². The Bertz CT molecular complexity index is 848. The number of likely N-dealkylation sites (N-methyl/N-ethyl adjacent to an activating group) is 1. The molecule has 0 heterocycles. The summed E-state index contributed by atoms with van der Waals surface area (Å²) in [5.41, 5.74) is 2.47. The highest BCUT2D eigenvalue weighted by Gasteiger charge is 2.19. The van der Waals surface area contributed by atoms with Gasteiger partial charge in [-0.15, -0.1) is 0 Å². The molecule has 0 radical (unpaired) electrons. The SMILES string of the molecule is Cc1ccc(C(C)C)c(Oc2ccc(CN(C)CC(=O)O)cc2[N+](=O)[O-])c1. The number of benzene rings is 2. The van der Waals surface area contributed by atoms with Crippen LogP contribution in [-0.4, -0.2) is 34.5 Å². The second-order valence-electron chi connectivity index (χ2n) is 6.92. The Balaban J connectivity index is 2.34. The molecule has 7 heteroatoms. The van der Waals surface area contributed by atoms with E-state index in [1.165, 1.54) is 6.07 Å². The predicted octanol–water partition coefficient (Wildman–Crippen LogP) is 4.34. The molecule has 0 saturated carbocycles. The summed E-state index contributed by atoms with van der Waals surface area (Å²) < 4.78 is 5.92. The molecule has 0 atom stereocenters. The molecule has 2 rings (SSSR count). The molecule has 0 aliphatic carbocycles. The zero-order valence-corrected chi connectivity index (χ0v) is 15.9. The Hall–Kier alpha value is -2.93. The Kier molecular flexibility index (Phi) is 6.52. The van der Waals surface area contributed by atoms with Crippen molar-refractivity contribution in [2.75, 3.05) is 13.6 Å². The van der Waals surface area contributed by atoms with Crippen LogP contribution in [0.25, 0.3) is 0 Å². The zero-order valence-electron chi connectivity index (χ0n) is 15.9. The number of carboxylic acids is 1. The highest BCUT2D eigenvalue weighted by Crippen LogP contribution is 2.36. The van der Waals surface area contributed by atoms with E-state index in [2.05, 4.69) is 0 Å². The lowest BCUT2D eigenvalue weighted by Crippen LogP contribution is -2.25. The van der Waals surface area contributed by atoms with Crippen molar-refractivity contribution in [2.45, 2.75) is 33.2 Å². The van der Waals surface area contributed by atoms with Crippen LogP contribution in [0.4, 0.5) is 5.69 Å². The van der Waals surface area contributed by atoms with Gasteiger partial charge >= 0.3 is 11.7 Å². The molecule has 27 heavy (non-hydrogen) atoms. The van der Waals surface area contributed by atoms with Crippen LogP contribution >= 0.6 is 0 Å². The fourth-order valence-electron chi connectivity index (χ4n) is 2.81. The molecule has 0 bridgehead atoms. The molecule has 2 aromatic carbocycles. The Morgan fingerprint density at radius 3 is 2.52 bits per heavy atom. The maximum Gasteiger partial charge on any atom is 0.317 e. The van der Waals surface area contributed by atoms with Crippen molar-refractivity contribution in [3.63, 3.8) is 0 Å². The highest BCUT2D eigenvalue weighted by molar-refractivity contribution is 5.69. The van der Waals surface area contributed by atoms with Gasteiger partial charge < -0.3 is 9.84 Å². The molecule has 0 amide bonds. The number of nitro benzene ring substituents is 1. The minimum Gasteiger partial charge on any atom is -0.480 e. The Labute approximate surface area is 158 Å². The van der Waals surface area contributed by atoms with Gasteiger partial charge in [0.25, 0.3) is 0 Å². The first kappa shape index (κ1) is 20.4. The molecule has 0 aromatic heterocycles. The summed E-state index contributed by atoms with van der Waals surface area (Å²) in [6.07, 6.45) is 0. The third-order valence-corrected chi connectivity index (χ3v) is 4.09. The summed E-state index contributed by atoms with van der Waals surface area (Å²) in [5.74, 6) is 0.0252. The Morgan fingerprint density at radius 1 is 1.22 bits per heavy atom. The first-order valence-electron chi connectivity index (χ1n) is 8.63. The smallest absolute Gasteiger partial charge is 0.317 e. The quantitative estimate of drug-likeness (QED) is 0.547. The molecule has 1 N–H and O–H groups in total. The van der Waals surface area contributed by atoms with E-state index in [1.807, 2.05) is 39.0 Å². The van der Waals surface area contributed by atoms with Crippen molar-refractivity contribution in [2.24, 2.45) is 0 Å². The van der Waals surface area contributed by atoms with Gasteiger partial charge in [-0.05, 0) is 48.7 Å². The summed E-state index contributed by atoms with van der Waals surface area (Å²) in [6, 6.07) is 10.5. The number of aryl methyl sites for hydroxylation is 1. The highest BCUT2D eigenvalue weighted by atomic mass is 16.6. The largest absolute Gasteiger partial charge is 0.480 e. The van der Waals surface area contributed by atoms with Crippen molar-refractivity contribution in [3.8, 4) is 11.5 Å². The molecule has 0 aliphatic heterocycles. The number of ether oxygens (including phenoxy) is 1. The van der Waals surface area contributed by atoms with Crippen LogP contribution in [0.2, 0.25) is 0 Å². The van der Waals surface area contributed by atoms with E-state index < -0.39 is 10.9 Å². The molecular formula is C20H24N2O5. The van der Waals surface area contributed by atoms with E-state index in [1.54, 1.807) is 24.1 Å². The first-order chi connectivity index (χ1) is 12.7. The van der Waals surface area contributed by atoms with Gasteiger partial charge in [0.15, 0.2) is 0 Å². The van der Waals surface area contributed by atoms with Crippen molar-refractivity contribution >= 4 is 11.7 Å². The Morgan fingerprint density at radius 2 is 1.93 bits per heavy atom. The van der Waals surface area contributed by atoms with Crippen LogP contribution in [0.15, 0.2) is 36.4 Å². The predicted molar refractivity (Wildman–Crippen MR) is 102 cm³/mol. The van der Waals surface area contributed by atoms with Gasteiger partial charge in [0.2, 0.25) is 5.75 Å². The number of carboxylic acid groups (broad SMARTS) is 1. The summed E-state index contributed by atoms with van der Waals surface area (Å²) >= 11 is 0. The fraction of sp³-hybridized carbons (Fsp3) is 0.350. The van der Waals surface area contributed by atoms with Gasteiger partial charge in [0, 0.05) is 12.6 Å². The monoisotopic (exact) mass is 372 g/mol. The summed E-state index contributed by atoms with van der Waals surface area (Å²) in [5, 5.41) is 20.4. The number of nitro groups is 1. The molecule has 0 fully saturated rings. The third-order valence-electron chi connectivity index (χ3n) is 4.09. The molecule has 144 valence electrons. The van der Waals surface area contributed by atoms with Gasteiger partial charge in [0.1, 0.15) is 5.75 Å². The van der Waals surface area contributed by atoms with Crippen LogP contribution in [0.3, 0.4) is 0 Å². The minimum absolute atomic E-state index is 0.146. The van der Waals surface area contributed by atoms with Crippen LogP contribution in [0.1, 0.15) is 36.5 Å². The number of nitrogens with zero attached hydrogens (tertiary/aromatic N) is 2. The molecule has 0 spiro atoms. The van der Waals surface area contributed by atoms with E-state index in [-0.39, 0.29) is 30.4 Å². The lowest BCUT2D eigenvalue weighted by Gasteiger charge is -2.16. The second-order valence-corrected chi connectivity index (χ2v) is 6.92. The van der Waals surface area contributed by atoms with E-state index in [0.717, 1.165) is 11.1 Å². The second kappa shape index (κ2) is 8.64. The van der Waals surface area contributed by atoms with Gasteiger partial charge in [0.05, 0.1) is 11.5 Å². The van der Waals surface area contributed by atoms with Crippen molar-refractivity contribution < 1.29 is 19.6 Å². The van der Waals surface area contributed by atoms with Gasteiger partial charge in [-0.1, -0.05) is 32.0 Å². The van der Waals surface area contributed by atoms with Crippen LogP contribution < -0.4 is 4.74 Å². The van der Waals surface area contributed by atoms with Gasteiger partial charge in [-0.2, -0.15) is 0 Å². The molecule has 2 aromatic rings. The van der Waals surface area contributed by atoms with Crippen LogP contribution in [-0.2, 0) is 11.3 Å². The van der Waals surface area contributed by atoms with Crippen molar-refractivity contribution in [1.82, 2.24) is 4.90 Å². The molecule has 7 nitrogen and oxygen atoms in total. The maximum absolute atomic E-state index is 11.5. The number of rotatable bonds is 8. The molecule has 0 unspecified atom stereocenters. The first-order valence-corrected chi connectivity index (χ1v) is 8.63. The number of hydrogen-bond acceptors (Lipinski definition) is 5. The summed E-state index contributed by atoms with van der Waals surface area (Å²) in [6.45, 7) is 6.15. The average molecular weight is 372 g/mol. The van der Waals surface area contributed by atoms with E-state index in [9.17, 15) is 14.9 Å². The normalized spacial score (nSPS) is 11.0.